The molecule has 1 heterocycles. The minimum Gasteiger partial charge on any atom is -0.483 e. The number of fused-ring (bicyclic) bond motifs is 1. The summed E-state index contributed by atoms with van der Waals surface area (Å²) in [4.78, 5) is 16.4. The third kappa shape index (κ3) is 4.02. The van der Waals surface area contributed by atoms with Crippen LogP contribution in [0, 0.1) is 6.92 Å². The number of thiazole rings is 1. The quantitative estimate of drug-likeness (QED) is 0.654. The Kier molecular flexibility index (Phi) is 4.84. The summed E-state index contributed by atoms with van der Waals surface area (Å²) in [6.45, 7) is 1.80. The van der Waals surface area contributed by atoms with Crippen molar-refractivity contribution in [2.45, 2.75) is 6.92 Å². The number of carbonyl (C=O) groups excluding carboxylic acids is 1. The van der Waals surface area contributed by atoms with Crippen LogP contribution in [0.2, 0.25) is 5.02 Å². The van der Waals surface area contributed by atoms with Crippen LogP contribution in [0.5, 0.6) is 5.75 Å². The Morgan fingerprint density at radius 2 is 2.17 bits per heavy atom. The molecule has 118 valence electrons. The number of amides is 1. The second kappa shape index (κ2) is 6.86. The molecule has 1 aromatic heterocycles. The fraction of sp³-hybridized carbons (Fsp3) is 0.125. The van der Waals surface area contributed by atoms with Gasteiger partial charge < -0.3 is 4.74 Å². The van der Waals surface area contributed by atoms with Crippen molar-refractivity contribution in [2.75, 3.05) is 11.9 Å². The summed E-state index contributed by atoms with van der Waals surface area (Å²) < 4.78 is 7.50. The highest BCUT2D eigenvalue weighted by Crippen LogP contribution is 2.28. The van der Waals surface area contributed by atoms with E-state index in [2.05, 4.69) is 26.2 Å². The molecule has 0 saturated heterocycles. The summed E-state index contributed by atoms with van der Waals surface area (Å²) in [5, 5.41) is 3.95. The molecule has 4 nitrogen and oxygen atoms in total. The molecule has 0 unspecified atom stereocenters. The number of aryl methyl sites for hydroxylation is 1. The van der Waals surface area contributed by atoms with Crippen LogP contribution in [0.3, 0.4) is 0 Å². The number of rotatable bonds is 4. The Morgan fingerprint density at radius 3 is 2.96 bits per heavy atom. The number of benzene rings is 2. The van der Waals surface area contributed by atoms with Gasteiger partial charge in [-0.3, -0.25) is 10.1 Å². The van der Waals surface area contributed by atoms with Gasteiger partial charge in [-0.2, -0.15) is 0 Å². The first-order valence-corrected chi connectivity index (χ1v) is 8.75. The molecule has 0 radical (unpaired) electrons. The number of carbonyl (C=O) groups is 1. The van der Waals surface area contributed by atoms with Crippen molar-refractivity contribution in [3.63, 3.8) is 0 Å². The van der Waals surface area contributed by atoms with Crippen LogP contribution in [0.4, 0.5) is 5.13 Å². The standard InChI is InChI=1S/C16H12BrClN2O2S/c1-9-6-11(18)3-5-13(9)22-8-15(21)20-16-19-12-4-2-10(17)7-14(12)23-16/h2-7H,8H2,1H3,(H,19,20,21). The van der Waals surface area contributed by atoms with Crippen molar-refractivity contribution >= 4 is 60.1 Å². The Bertz CT molecular complexity index is 882. The van der Waals surface area contributed by atoms with E-state index in [1.54, 1.807) is 18.2 Å². The van der Waals surface area contributed by atoms with Crippen LogP contribution in [0.25, 0.3) is 10.2 Å². The molecule has 0 aliphatic heterocycles. The lowest BCUT2D eigenvalue weighted by Gasteiger charge is -2.08. The van der Waals surface area contributed by atoms with Crippen molar-refractivity contribution in [3.8, 4) is 5.75 Å². The zero-order valence-corrected chi connectivity index (χ0v) is 15.3. The first kappa shape index (κ1) is 16.2. The summed E-state index contributed by atoms with van der Waals surface area (Å²) in [7, 11) is 0. The average molecular weight is 412 g/mol. The second-order valence-electron chi connectivity index (χ2n) is 4.88. The summed E-state index contributed by atoms with van der Waals surface area (Å²) in [5.41, 5.74) is 1.73. The van der Waals surface area contributed by atoms with Crippen LogP contribution < -0.4 is 10.1 Å². The Morgan fingerprint density at radius 1 is 1.35 bits per heavy atom. The van der Waals surface area contributed by atoms with Crippen LogP contribution in [-0.2, 0) is 4.79 Å². The third-order valence-electron chi connectivity index (χ3n) is 3.09. The molecule has 0 aliphatic rings. The van der Waals surface area contributed by atoms with Gasteiger partial charge in [-0.15, -0.1) is 0 Å². The molecule has 3 aromatic rings. The van der Waals surface area contributed by atoms with Gasteiger partial charge in [-0.05, 0) is 48.9 Å². The Labute approximate surface area is 150 Å². The van der Waals surface area contributed by atoms with Crippen molar-refractivity contribution < 1.29 is 9.53 Å². The van der Waals surface area contributed by atoms with Gasteiger partial charge in [0, 0.05) is 9.50 Å². The number of nitrogens with one attached hydrogen (secondary N) is 1. The van der Waals surface area contributed by atoms with E-state index in [0.29, 0.717) is 15.9 Å². The van der Waals surface area contributed by atoms with Crippen molar-refractivity contribution in [1.29, 1.82) is 0 Å². The predicted octanol–water partition coefficient (Wildman–Crippen LogP) is 5.04. The van der Waals surface area contributed by atoms with Crippen molar-refractivity contribution in [2.24, 2.45) is 0 Å². The predicted molar refractivity (Wildman–Crippen MR) is 97.6 cm³/mol. The molecule has 0 bridgehead atoms. The molecule has 2 aromatic carbocycles. The maximum absolute atomic E-state index is 12.0. The highest BCUT2D eigenvalue weighted by molar-refractivity contribution is 9.10. The minimum absolute atomic E-state index is 0.0813. The van der Waals surface area contributed by atoms with E-state index in [-0.39, 0.29) is 12.5 Å². The highest BCUT2D eigenvalue weighted by atomic mass is 79.9. The van der Waals surface area contributed by atoms with Gasteiger partial charge in [0.15, 0.2) is 11.7 Å². The largest absolute Gasteiger partial charge is 0.483 e. The van der Waals surface area contributed by atoms with Gasteiger partial charge >= 0.3 is 0 Å². The normalized spacial score (nSPS) is 10.7. The molecule has 3 rings (SSSR count). The first-order valence-electron chi connectivity index (χ1n) is 6.76. The van der Waals surface area contributed by atoms with E-state index >= 15 is 0 Å². The van der Waals surface area contributed by atoms with Gasteiger partial charge in [-0.25, -0.2) is 4.98 Å². The van der Waals surface area contributed by atoms with Crippen LogP contribution >= 0.6 is 38.9 Å². The average Bonchev–Trinajstić information content (AvgIpc) is 2.87. The number of nitrogens with zero attached hydrogens (tertiary/aromatic N) is 1. The lowest BCUT2D eigenvalue weighted by Crippen LogP contribution is -2.20. The first-order chi connectivity index (χ1) is 11.0. The topological polar surface area (TPSA) is 51.2 Å². The van der Waals surface area contributed by atoms with Crippen molar-refractivity contribution in [1.82, 2.24) is 4.98 Å². The van der Waals surface area contributed by atoms with Gasteiger partial charge in [0.2, 0.25) is 0 Å². The monoisotopic (exact) mass is 410 g/mol. The van der Waals surface area contributed by atoms with E-state index in [1.807, 2.05) is 25.1 Å². The summed E-state index contributed by atoms with van der Waals surface area (Å²) in [6.07, 6.45) is 0. The van der Waals surface area contributed by atoms with Crippen LogP contribution in [0.15, 0.2) is 40.9 Å². The molecular weight excluding hydrogens is 400 g/mol. The van der Waals surface area contributed by atoms with E-state index < -0.39 is 0 Å². The Hall–Kier alpha value is -1.63. The zero-order chi connectivity index (χ0) is 16.4. The summed E-state index contributed by atoms with van der Waals surface area (Å²) >= 11 is 10.7. The lowest BCUT2D eigenvalue weighted by molar-refractivity contribution is -0.118. The minimum atomic E-state index is -0.252. The lowest BCUT2D eigenvalue weighted by atomic mass is 10.2. The van der Waals surface area contributed by atoms with E-state index in [4.69, 9.17) is 16.3 Å². The van der Waals surface area contributed by atoms with Crippen LogP contribution in [0.1, 0.15) is 5.56 Å². The summed E-state index contributed by atoms with van der Waals surface area (Å²) in [5.74, 6) is 0.384. The Balaban J connectivity index is 1.64. The smallest absolute Gasteiger partial charge is 0.264 e. The molecule has 0 spiro atoms. The van der Waals surface area contributed by atoms with Crippen molar-refractivity contribution in [3.05, 3.63) is 51.5 Å². The van der Waals surface area contributed by atoms with Gasteiger partial charge in [0.1, 0.15) is 5.75 Å². The van der Waals surface area contributed by atoms with Crippen LogP contribution in [-0.4, -0.2) is 17.5 Å². The maximum Gasteiger partial charge on any atom is 0.264 e. The number of hydrogen-bond acceptors (Lipinski definition) is 4. The summed E-state index contributed by atoms with van der Waals surface area (Å²) in [6, 6.07) is 11.1. The SMILES string of the molecule is Cc1cc(Cl)ccc1OCC(=O)Nc1nc2ccc(Br)cc2s1. The number of halogens is 2. The molecule has 0 saturated carbocycles. The van der Waals surface area contributed by atoms with E-state index in [1.165, 1.54) is 11.3 Å². The molecule has 1 amide bonds. The maximum atomic E-state index is 12.0. The number of hydrogen-bond donors (Lipinski definition) is 1. The molecule has 0 aliphatic carbocycles. The number of ether oxygens (including phenoxy) is 1. The second-order valence-corrected chi connectivity index (χ2v) is 7.26. The molecule has 7 heteroatoms. The molecular formula is C16H12BrClN2O2S. The molecule has 23 heavy (non-hydrogen) atoms. The third-order valence-corrected chi connectivity index (χ3v) is 4.75. The fourth-order valence-electron chi connectivity index (χ4n) is 2.03. The van der Waals surface area contributed by atoms with Gasteiger partial charge in [0.05, 0.1) is 10.2 Å². The molecule has 0 fully saturated rings. The van der Waals surface area contributed by atoms with E-state index in [9.17, 15) is 4.79 Å². The zero-order valence-electron chi connectivity index (χ0n) is 12.1. The van der Waals surface area contributed by atoms with Gasteiger partial charge in [0.25, 0.3) is 5.91 Å². The van der Waals surface area contributed by atoms with Gasteiger partial charge in [-0.1, -0.05) is 38.9 Å². The molecule has 0 atom stereocenters. The molecule has 1 N–H and O–H groups in total. The number of aromatic nitrogens is 1. The fourth-order valence-corrected chi connectivity index (χ4v) is 3.69. The number of anilines is 1. The van der Waals surface area contributed by atoms with E-state index in [0.717, 1.165) is 20.3 Å². The highest BCUT2D eigenvalue weighted by Gasteiger charge is 2.10.